The number of nitrogens with zero attached hydrogens (tertiary/aromatic N) is 4. The molecule has 0 aliphatic carbocycles. The van der Waals surface area contributed by atoms with E-state index in [0.717, 1.165) is 37.4 Å². The van der Waals surface area contributed by atoms with Gasteiger partial charge in [-0.1, -0.05) is 41.9 Å². The standard InChI is InChI=1S/C23H31ClN6O/c1-3-25-23(27-15-21(31)29(4-2)16-18-9-6-5-7-10-18)28-19-12-14-30(17-19)22-20(24)11-8-13-26-22/h5-11,13,19H,3-4,12,14-17H2,1-2H3,(H2,25,27,28). The van der Waals surface area contributed by atoms with Crippen molar-refractivity contribution in [2.45, 2.75) is 32.9 Å². The summed E-state index contributed by atoms with van der Waals surface area (Å²) in [6.45, 7) is 7.74. The van der Waals surface area contributed by atoms with E-state index in [0.29, 0.717) is 24.1 Å². The van der Waals surface area contributed by atoms with Crippen molar-refractivity contribution >= 4 is 29.3 Å². The fourth-order valence-corrected chi connectivity index (χ4v) is 3.86. The third-order valence-electron chi connectivity index (χ3n) is 5.24. The summed E-state index contributed by atoms with van der Waals surface area (Å²) < 4.78 is 0. The van der Waals surface area contributed by atoms with Crippen LogP contribution in [0.3, 0.4) is 0 Å². The molecule has 1 aromatic carbocycles. The summed E-state index contributed by atoms with van der Waals surface area (Å²) in [5.74, 6) is 1.48. The molecule has 1 aliphatic rings. The number of nitrogens with one attached hydrogen (secondary N) is 2. The molecule has 0 spiro atoms. The van der Waals surface area contributed by atoms with Crippen LogP contribution in [-0.2, 0) is 11.3 Å². The van der Waals surface area contributed by atoms with Crippen LogP contribution in [0.2, 0.25) is 5.02 Å². The van der Waals surface area contributed by atoms with Crippen LogP contribution in [0.1, 0.15) is 25.8 Å². The van der Waals surface area contributed by atoms with Gasteiger partial charge in [0, 0.05) is 45.0 Å². The minimum Gasteiger partial charge on any atom is -0.357 e. The minimum absolute atomic E-state index is 0.0110. The van der Waals surface area contributed by atoms with Crippen LogP contribution >= 0.6 is 11.6 Å². The molecule has 1 aliphatic heterocycles. The van der Waals surface area contributed by atoms with Gasteiger partial charge in [0.25, 0.3) is 0 Å². The maximum Gasteiger partial charge on any atom is 0.244 e. The number of halogens is 1. The number of rotatable bonds is 8. The summed E-state index contributed by atoms with van der Waals surface area (Å²) in [5.41, 5.74) is 1.12. The zero-order chi connectivity index (χ0) is 22.1. The topological polar surface area (TPSA) is 72.9 Å². The molecule has 1 fully saturated rings. The van der Waals surface area contributed by atoms with E-state index < -0.39 is 0 Å². The molecule has 1 amide bonds. The van der Waals surface area contributed by atoms with E-state index in [1.54, 1.807) is 6.20 Å². The lowest BCUT2D eigenvalue weighted by Crippen LogP contribution is -2.45. The second kappa shape index (κ2) is 11.6. The van der Waals surface area contributed by atoms with Gasteiger partial charge in [-0.3, -0.25) is 4.79 Å². The molecule has 0 saturated carbocycles. The lowest BCUT2D eigenvalue weighted by molar-refractivity contribution is -0.130. The first-order chi connectivity index (χ1) is 15.1. The number of carbonyl (C=O) groups excluding carboxylic acids is 1. The summed E-state index contributed by atoms with van der Waals surface area (Å²) >= 11 is 6.29. The number of hydrogen-bond donors (Lipinski definition) is 2. The Hall–Kier alpha value is -2.80. The molecule has 0 radical (unpaired) electrons. The largest absolute Gasteiger partial charge is 0.357 e. The van der Waals surface area contributed by atoms with Crippen LogP contribution in [-0.4, -0.2) is 60.5 Å². The Morgan fingerprint density at radius 1 is 1.26 bits per heavy atom. The van der Waals surface area contributed by atoms with Gasteiger partial charge in [0.2, 0.25) is 5.91 Å². The van der Waals surface area contributed by atoms with Crippen LogP contribution in [0, 0.1) is 0 Å². The zero-order valence-electron chi connectivity index (χ0n) is 18.2. The molecular formula is C23H31ClN6O. The third-order valence-corrected chi connectivity index (χ3v) is 5.53. The van der Waals surface area contributed by atoms with Gasteiger partial charge in [-0.2, -0.15) is 0 Å². The van der Waals surface area contributed by atoms with Crippen molar-refractivity contribution in [3.63, 3.8) is 0 Å². The molecule has 31 heavy (non-hydrogen) atoms. The van der Waals surface area contributed by atoms with E-state index >= 15 is 0 Å². The molecule has 1 atom stereocenters. The van der Waals surface area contributed by atoms with Crippen molar-refractivity contribution in [2.75, 3.05) is 37.6 Å². The number of aliphatic imine (C=N–C) groups is 1. The number of guanidine groups is 1. The van der Waals surface area contributed by atoms with Gasteiger partial charge < -0.3 is 20.4 Å². The number of pyridine rings is 1. The van der Waals surface area contributed by atoms with Gasteiger partial charge in [-0.05, 0) is 38.0 Å². The first-order valence-corrected chi connectivity index (χ1v) is 11.2. The van der Waals surface area contributed by atoms with E-state index in [2.05, 4.69) is 25.5 Å². The fraction of sp³-hybridized carbons (Fsp3) is 0.435. The van der Waals surface area contributed by atoms with Gasteiger partial charge in [-0.25, -0.2) is 9.98 Å². The van der Waals surface area contributed by atoms with Gasteiger partial charge in [0.15, 0.2) is 5.96 Å². The van der Waals surface area contributed by atoms with Crippen LogP contribution in [0.5, 0.6) is 0 Å². The van der Waals surface area contributed by atoms with Crippen LogP contribution in [0.15, 0.2) is 53.7 Å². The van der Waals surface area contributed by atoms with E-state index in [9.17, 15) is 4.79 Å². The predicted molar refractivity (Wildman–Crippen MR) is 127 cm³/mol. The van der Waals surface area contributed by atoms with E-state index in [4.69, 9.17) is 11.6 Å². The minimum atomic E-state index is 0.0110. The third kappa shape index (κ3) is 6.59. The average molecular weight is 443 g/mol. The molecule has 2 heterocycles. The molecule has 2 N–H and O–H groups in total. The van der Waals surface area contributed by atoms with E-state index in [1.165, 1.54) is 0 Å². The molecule has 0 bridgehead atoms. The second-order valence-electron chi connectivity index (χ2n) is 7.47. The van der Waals surface area contributed by atoms with Crippen molar-refractivity contribution in [1.82, 2.24) is 20.5 Å². The Kier molecular flexibility index (Phi) is 8.53. The van der Waals surface area contributed by atoms with E-state index in [1.807, 2.05) is 61.2 Å². The molecule has 3 rings (SSSR count). The number of carbonyl (C=O) groups is 1. The van der Waals surface area contributed by atoms with Crippen molar-refractivity contribution in [2.24, 2.45) is 4.99 Å². The second-order valence-corrected chi connectivity index (χ2v) is 7.88. The van der Waals surface area contributed by atoms with Gasteiger partial charge in [0.05, 0.1) is 5.02 Å². The quantitative estimate of drug-likeness (QED) is 0.485. The SMILES string of the molecule is CCNC(=NCC(=O)N(CC)Cc1ccccc1)NC1CCN(c2ncccc2Cl)C1. The highest BCUT2D eigenvalue weighted by molar-refractivity contribution is 6.32. The average Bonchev–Trinajstić information content (AvgIpc) is 3.25. The van der Waals surface area contributed by atoms with Crippen molar-refractivity contribution in [1.29, 1.82) is 0 Å². The summed E-state index contributed by atoms with van der Waals surface area (Å²) in [4.78, 5) is 25.7. The molecule has 166 valence electrons. The number of benzene rings is 1. The highest BCUT2D eigenvalue weighted by Crippen LogP contribution is 2.25. The lowest BCUT2D eigenvalue weighted by atomic mass is 10.2. The van der Waals surface area contributed by atoms with Crippen molar-refractivity contribution in [3.05, 3.63) is 59.2 Å². The normalized spacial score (nSPS) is 16.3. The maximum atomic E-state index is 12.7. The maximum absolute atomic E-state index is 12.7. The monoisotopic (exact) mass is 442 g/mol. The Bertz CT molecular complexity index is 875. The molecule has 2 aromatic rings. The zero-order valence-corrected chi connectivity index (χ0v) is 19.0. The molecular weight excluding hydrogens is 412 g/mol. The molecule has 7 nitrogen and oxygen atoms in total. The Balaban J connectivity index is 1.57. The Morgan fingerprint density at radius 2 is 2.06 bits per heavy atom. The van der Waals surface area contributed by atoms with Gasteiger partial charge in [-0.15, -0.1) is 0 Å². The van der Waals surface area contributed by atoms with Crippen LogP contribution in [0.4, 0.5) is 5.82 Å². The van der Waals surface area contributed by atoms with Crippen molar-refractivity contribution in [3.8, 4) is 0 Å². The molecule has 1 saturated heterocycles. The highest BCUT2D eigenvalue weighted by atomic mass is 35.5. The smallest absolute Gasteiger partial charge is 0.244 e. The van der Waals surface area contributed by atoms with Gasteiger partial charge in [0.1, 0.15) is 12.4 Å². The van der Waals surface area contributed by atoms with Crippen LogP contribution < -0.4 is 15.5 Å². The Labute approximate surface area is 189 Å². The van der Waals surface area contributed by atoms with E-state index in [-0.39, 0.29) is 18.5 Å². The van der Waals surface area contributed by atoms with Crippen molar-refractivity contribution < 1.29 is 4.79 Å². The first kappa shape index (κ1) is 22.9. The Morgan fingerprint density at radius 3 is 2.77 bits per heavy atom. The summed E-state index contributed by atoms with van der Waals surface area (Å²) in [6, 6.07) is 13.9. The van der Waals surface area contributed by atoms with Crippen LogP contribution in [0.25, 0.3) is 0 Å². The summed E-state index contributed by atoms with van der Waals surface area (Å²) in [7, 11) is 0. The number of likely N-dealkylation sites (N-methyl/N-ethyl adjacent to an activating group) is 1. The summed E-state index contributed by atoms with van der Waals surface area (Å²) in [5, 5.41) is 7.36. The molecule has 1 aromatic heterocycles. The summed E-state index contributed by atoms with van der Waals surface area (Å²) in [6.07, 6.45) is 2.70. The fourth-order valence-electron chi connectivity index (χ4n) is 3.62. The number of hydrogen-bond acceptors (Lipinski definition) is 4. The number of anilines is 1. The lowest BCUT2D eigenvalue weighted by Gasteiger charge is -2.22. The first-order valence-electron chi connectivity index (χ1n) is 10.8. The molecule has 8 heteroatoms. The number of amides is 1. The highest BCUT2D eigenvalue weighted by Gasteiger charge is 2.25. The number of aromatic nitrogens is 1. The predicted octanol–water partition coefficient (Wildman–Crippen LogP) is 2.92. The molecule has 1 unspecified atom stereocenters. The van der Waals surface area contributed by atoms with Gasteiger partial charge >= 0.3 is 0 Å².